The minimum atomic E-state index is 0.189. The maximum Gasteiger partial charge on any atom is 0.222 e. The van der Waals surface area contributed by atoms with Crippen LogP contribution in [0.4, 0.5) is 0 Å². The van der Waals surface area contributed by atoms with E-state index in [1.165, 1.54) is 24.1 Å². The Morgan fingerprint density at radius 2 is 1.90 bits per heavy atom. The molecule has 0 unspecified atom stereocenters. The molecule has 1 atom stereocenters. The lowest BCUT2D eigenvalue weighted by atomic mass is 9.73. The third-order valence-electron chi connectivity index (χ3n) is 6.72. The van der Waals surface area contributed by atoms with Crippen LogP contribution in [0.2, 0.25) is 0 Å². The summed E-state index contributed by atoms with van der Waals surface area (Å²) in [5.41, 5.74) is 5.69. The minimum absolute atomic E-state index is 0.189. The number of aromatic nitrogens is 4. The fraction of sp³-hybridized carbons (Fsp3) is 0.636. The summed E-state index contributed by atoms with van der Waals surface area (Å²) in [6, 6.07) is 0. The molecular formula is C22H32N6O. The van der Waals surface area contributed by atoms with Crippen LogP contribution in [0.15, 0.2) is 12.4 Å². The lowest BCUT2D eigenvalue weighted by Crippen LogP contribution is -2.53. The average molecular weight is 397 g/mol. The van der Waals surface area contributed by atoms with E-state index in [4.69, 9.17) is 0 Å². The standard InChI is InChI=1S/C22H32N6O/c1-16-10-24-19(11-23-16)12-28-15-22(8-6-21(28)29)7-5-9-27(14-22)13-20-17(2)25-26(4)18(20)3/h10-11H,5-9,12-15H2,1-4H3/t22-/m0/s1. The first-order chi connectivity index (χ1) is 13.8. The highest BCUT2D eigenvalue weighted by molar-refractivity contribution is 5.77. The summed E-state index contributed by atoms with van der Waals surface area (Å²) in [4.78, 5) is 26.0. The molecule has 7 heteroatoms. The van der Waals surface area contributed by atoms with E-state index < -0.39 is 0 Å². The van der Waals surface area contributed by atoms with Gasteiger partial charge in [-0.15, -0.1) is 0 Å². The molecular weight excluding hydrogens is 364 g/mol. The second-order valence-corrected chi connectivity index (χ2v) is 8.99. The van der Waals surface area contributed by atoms with E-state index in [1.54, 1.807) is 12.4 Å². The number of rotatable bonds is 4. The molecule has 0 aromatic carbocycles. The number of likely N-dealkylation sites (tertiary alicyclic amines) is 2. The molecule has 0 aliphatic carbocycles. The Hall–Kier alpha value is -2.28. The van der Waals surface area contributed by atoms with Crippen molar-refractivity contribution in [3.05, 3.63) is 40.7 Å². The molecule has 2 aliphatic rings. The van der Waals surface area contributed by atoms with Gasteiger partial charge in [-0.2, -0.15) is 5.10 Å². The Kier molecular flexibility index (Phi) is 5.42. The topological polar surface area (TPSA) is 67.2 Å². The molecule has 2 aliphatic heterocycles. The van der Waals surface area contributed by atoms with E-state index in [-0.39, 0.29) is 11.3 Å². The van der Waals surface area contributed by atoms with Gasteiger partial charge in [-0.1, -0.05) is 0 Å². The number of aryl methyl sites for hydroxylation is 3. The Morgan fingerprint density at radius 3 is 2.59 bits per heavy atom. The Labute approximate surface area is 173 Å². The van der Waals surface area contributed by atoms with Crippen molar-refractivity contribution < 1.29 is 4.79 Å². The SMILES string of the molecule is Cc1cnc(CN2C[C@@]3(CCCN(Cc4c(C)nn(C)c4C)C3)CCC2=O)cn1. The maximum absolute atomic E-state index is 12.6. The van der Waals surface area contributed by atoms with Crippen molar-refractivity contribution in [3.8, 4) is 0 Å². The van der Waals surface area contributed by atoms with Crippen molar-refractivity contribution in [1.82, 2.24) is 29.5 Å². The first kappa shape index (κ1) is 20.0. The van der Waals surface area contributed by atoms with Crippen LogP contribution in [0.1, 0.15) is 54.0 Å². The van der Waals surface area contributed by atoms with Crippen molar-refractivity contribution in [2.24, 2.45) is 12.5 Å². The molecule has 0 radical (unpaired) electrons. The zero-order valence-electron chi connectivity index (χ0n) is 18.1. The van der Waals surface area contributed by atoms with Crippen LogP contribution in [0, 0.1) is 26.2 Å². The van der Waals surface area contributed by atoms with E-state index in [1.807, 2.05) is 23.6 Å². The maximum atomic E-state index is 12.6. The van der Waals surface area contributed by atoms with E-state index in [2.05, 4.69) is 33.8 Å². The molecule has 0 bridgehead atoms. The molecule has 1 amide bonds. The van der Waals surface area contributed by atoms with Crippen molar-refractivity contribution in [2.45, 2.75) is 59.5 Å². The van der Waals surface area contributed by atoms with E-state index >= 15 is 0 Å². The minimum Gasteiger partial charge on any atom is -0.336 e. The zero-order chi connectivity index (χ0) is 20.6. The van der Waals surface area contributed by atoms with Gasteiger partial charge in [0.1, 0.15) is 0 Å². The van der Waals surface area contributed by atoms with Crippen LogP contribution in [0.3, 0.4) is 0 Å². The monoisotopic (exact) mass is 396 g/mol. The van der Waals surface area contributed by atoms with Crippen LogP contribution in [0.25, 0.3) is 0 Å². The van der Waals surface area contributed by atoms with Gasteiger partial charge in [-0.05, 0) is 46.6 Å². The predicted molar refractivity (Wildman–Crippen MR) is 111 cm³/mol. The Balaban J connectivity index is 1.46. The van der Waals surface area contributed by atoms with E-state index in [0.717, 1.165) is 49.7 Å². The van der Waals surface area contributed by atoms with Crippen LogP contribution in [0.5, 0.6) is 0 Å². The van der Waals surface area contributed by atoms with Crippen LogP contribution in [-0.4, -0.2) is 55.1 Å². The Bertz CT molecular complexity index is 889. The molecule has 0 N–H and O–H groups in total. The summed E-state index contributed by atoms with van der Waals surface area (Å²) in [7, 11) is 2.02. The number of amides is 1. The van der Waals surface area contributed by atoms with Gasteiger partial charge in [0, 0.05) is 56.0 Å². The molecule has 4 rings (SSSR count). The number of carbonyl (C=O) groups excluding carboxylic acids is 1. The smallest absolute Gasteiger partial charge is 0.222 e. The van der Waals surface area contributed by atoms with Gasteiger partial charge in [0.25, 0.3) is 0 Å². The highest BCUT2D eigenvalue weighted by Gasteiger charge is 2.41. The lowest BCUT2D eigenvalue weighted by molar-refractivity contribution is -0.140. The number of carbonyl (C=O) groups is 1. The fourth-order valence-electron chi connectivity index (χ4n) is 4.99. The van der Waals surface area contributed by atoms with Crippen molar-refractivity contribution in [2.75, 3.05) is 19.6 Å². The fourth-order valence-corrected chi connectivity index (χ4v) is 4.99. The van der Waals surface area contributed by atoms with Gasteiger partial charge in [-0.25, -0.2) is 0 Å². The molecule has 29 heavy (non-hydrogen) atoms. The zero-order valence-corrected chi connectivity index (χ0v) is 18.1. The number of nitrogens with zero attached hydrogens (tertiary/aromatic N) is 6. The summed E-state index contributed by atoms with van der Waals surface area (Å²) >= 11 is 0. The van der Waals surface area contributed by atoms with Gasteiger partial charge in [-0.3, -0.25) is 24.3 Å². The first-order valence-electron chi connectivity index (χ1n) is 10.6. The van der Waals surface area contributed by atoms with E-state index in [0.29, 0.717) is 13.0 Å². The molecule has 2 aromatic rings. The quantitative estimate of drug-likeness (QED) is 0.795. The first-order valence-corrected chi connectivity index (χ1v) is 10.6. The number of hydrogen-bond donors (Lipinski definition) is 0. The van der Waals surface area contributed by atoms with Gasteiger partial charge in [0.2, 0.25) is 5.91 Å². The van der Waals surface area contributed by atoms with Crippen LogP contribution < -0.4 is 0 Å². The van der Waals surface area contributed by atoms with Crippen molar-refractivity contribution in [3.63, 3.8) is 0 Å². The van der Waals surface area contributed by atoms with Gasteiger partial charge in [0.05, 0.1) is 29.8 Å². The third-order valence-corrected chi connectivity index (χ3v) is 6.72. The molecule has 0 saturated carbocycles. The van der Waals surface area contributed by atoms with Crippen LogP contribution in [-0.2, 0) is 24.9 Å². The Morgan fingerprint density at radius 1 is 1.07 bits per heavy atom. The third kappa shape index (κ3) is 4.20. The molecule has 7 nitrogen and oxygen atoms in total. The van der Waals surface area contributed by atoms with Crippen molar-refractivity contribution in [1.29, 1.82) is 0 Å². The average Bonchev–Trinajstić information content (AvgIpc) is 2.93. The lowest BCUT2D eigenvalue weighted by Gasteiger charge is -2.48. The van der Waals surface area contributed by atoms with Gasteiger partial charge >= 0.3 is 0 Å². The molecule has 4 heterocycles. The molecule has 2 fully saturated rings. The largest absolute Gasteiger partial charge is 0.336 e. The molecule has 2 saturated heterocycles. The van der Waals surface area contributed by atoms with Crippen molar-refractivity contribution >= 4 is 5.91 Å². The summed E-state index contributed by atoms with van der Waals surface area (Å²) in [5.74, 6) is 0.245. The predicted octanol–water partition coefficient (Wildman–Crippen LogP) is 2.54. The highest BCUT2D eigenvalue weighted by Crippen LogP contribution is 2.39. The summed E-state index contributed by atoms with van der Waals surface area (Å²) in [6.07, 6.45) is 7.58. The molecule has 156 valence electrons. The van der Waals surface area contributed by atoms with Gasteiger partial charge < -0.3 is 4.90 Å². The summed E-state index contributed by atoms with van der Waals surface area (Å²) in [6.45, 7) is 10.7. The second kappa shape index (κ2) is 7.86. The molecule has 2 aromatic heterocycles. The summed E-state index contributed by atoms with van der Waals surface area (Å²) < 4.78 is 1.98. The second-order valence-electron chi connectivity index (χ2n) is 8.99. The van der Waals surface area contributed by atoms with E-state index in [9.17, 15) is 4.79 Å². The van der Waals surface area contributed by atoms with Crippen LogP contribution >= 0.6 is 0 Å². The van der Waals surface area contributed by atoms with Gasteiger partial charge in [0.15, 0.2) is 0 Å². The molecule has 1 spiro atoms. The highest BCUT2D eigenvalue weighted by atomic mass is 16.2. The normalized spacial score (nSPS) is 23.2. The number of piperidine rings is 2. The summed E-state index contributed by atoms with van der Waals surface area (Å²) in [5, 5.41) is 4.58. The number of hydrogen-bond acceptors (Lipinski definition) is 5.